The molecule has 1 aliphatic rings. The molecule has 4 atom stereocenters. The molecule has 3 aromatic rings. The number of hydrogen-bond donors (Lipinski definition) is 1. The van der Waals surface area contributed by atoms with Gasteiger partial charge in [-0.2, -0.15) is 0 Å². The largest absolute Gasteiger partial charge is 0.389 e. The number of rotatable bonds is 5. The van der Waals surface area contributed by atoms with Gasteiger partial charge in [0.15, 0.2) is 11.6 Å². The van der Waals surface area contributed by atoms with Crippen LogP contribution >= 0.6 is 0 Å². The minimum atomic E-state index is -1.57. The first-order valence-corrected chi connectivity index (χ1v) is 10.4. The predicted octanol–water partition coefficient (Wildman–Crippen LogP) is 4.49. The van der Waals surface area contributed by atoms with Crippen LogP contribution in [0.4, 0.5) is 0 Å². The molecular formula is C27H24O4. The number of aliphatic hydroxyl groups is 1. The zero-order valence-electron chi connectivity index (χ0n) is 17.3. The Morgan fingerprint density at radius 3 is 1.74 bits per heavy atom. The lowest BCUT2D eigenvalue weighted by atomic mass is 9.58. The maximum Gasteiger partial charge on any atom is 0.173 e. The van der Waals surface area contributed by atoms with Crippen molar-refractivity contribution < 1.29 is 19.5 Å². The number of ketones is 3. The minimum absolute atomic E-state index is 0.247. The summed E-state index contributed by atoms with van der Waals surface area (Å²) in [6.07, 6.45) is -0.247. The van der Waals surface area contributed by atoms with Crippen LogP contribution in [-0.2, 0) is 4.79 Å². The van der Waals surface area contributed by atoms with Crippen LogP contribution in [0.15, 0.2) is 91.0 Å². The normalized spacial score (nSPS) is 25.7. The molecule has 1 aliphatic carbocycles. The Hall–Kier alpha value is -3.37. The molecule has 0 aromatic heterocycles. The Labute approximate surface area is 181 Å². The van der Waals surface area contributed by atoms with Crippen molar-refractivity contribution in [3.8, 4) is 0 Å². The lowest BCUT2D eigenvalue weighted by Gasteiger charge is -2.45. The standard InChI is InChI=1S/C27H24O4/c1-27(31)17-21(28)23(25(29)19-13-7-3-8-14-19)22(18-11-5-2-6-12-18)24(27)26(30)20-15-9-4-10-16-20/h2-16,22-24,31H,17H2,1H3/t22-,23+,24+,27-/m0/s1. The van der Waals surface area contributed by atoms with E-state index in [0.717, 1.165) is 0 Å². The topological polar surface area (TPSA) is 71.4 Å². The van der Waals surface area contributed by atoms with Gasteiger partial charge in [-0.15, -0.1) is 0 Å². The van der Waals surface area contributed by atoms with Gasteiger partial charge in [0.2, 0.25) is 0 Å². The molecule has 0 unspecified atom stereocenters. The molecule has 4 nitrogen and oxygen atoms in total. The summed E-state index contributed by atoms with van der Waals surface area (Å²) in [7, 11) is 0. The smallest absolute Gasteiger partial charge is 0.173 e. The Morgan fingerprint density at radius 1 is 0.774 bits per heavy atom. The predicted molar refractivity (Wildman–Crippen MR) is 118 cm³/mol. The van der Waals surface area contributed by atoms with Crippen molar-refractivity contribution in [3.63, 3.8) is 0 Å². The van der Waals surface area contributed by atoms with E-state index >= 15 is 0 Å². The van der Waals surface area contributed by atoms with Gasteiger partial charge in [-0.3, -0.25) is 14.4 Å². The highest BCUT2D eigenvalue weighted by Gasteiger charge is 2.55. The van der Waals surface area contributed by atoms with Gasteiger partial charge in [0.1, 0.15) is 5.78 Å². The second kappa shape index (κ2) is 8.40. The summed E-state index contributed by atoms with van der Waals surface area (Å²) in [5, 5.41) is 11.3. The second-order valence-corrected chi connectivity index (χ2v) is 8.35. The summed E-state index contributed by atoms with van der Waals surface area (Å²) in [6.45, 7) is 1.52. The molecule has 4 heteroatoms. The van der Waals surface area contributed by atoms with Crippen molar-refractivity contribution >= 4 is 17.3 Å². The van der Waals surface area contributed by atoms with Gasteiger partial charge in [0.05, 0.1) is 17.4 Å². The molecule has 0 bridgehead atoms. The molecule has 1 N–H and O–H groups in total. The molecule has 31 heavy (non-hydrogen) atoms. The zero-order chi connectivity index (χ0) is 22.0. The van der Waals surface area contributed by atoms with Gasteiger partial charge in [-0.25, -0.2) is 0 Å². The minimum Gasteiger partial charge on any atom is -0.389 e. The van der Waals surface area contributed by atoms with Crippen LogP contribution in [0.25, 0.3) is 0 Å². The second-order valence-electron chi connectivity index (χ2n) is 8.35. The molecule has 0 spiro atoms. The van der Waals surface area contributed by atoms with Gasteiger partial charge in [-0.1, -0.05) is 91.0 Å². The van der Waals surface area contributed by atoms with Crippen molar-refractivity contribution in [3.05, 3.63) is 108 Å². The van der Waals surface area contributed by atoms with Crippen molar-refractivity contribution in [2.45, 2.75) is 24.9 Å². The highest BCUT2D eigenvalue weighted by molar-refractivity contribution is 6.13. The highest BCUT2D eigenvalue weighted by Crippen LogP contribution is 2.48. The third kappa shape index (κ3) is 3.99. The van der Waals surface area contributed by atoms with E-state index < -0.39 is 23.4 Å². The molecule has 1 fully saturated rings. The molecule has 156 valence electrons. The van der Waals surface area contributed by atoms with E-state index in [0.29, 0.717) is 16.7 Å². The summed E-state index contributed by atoms with van der Waals surface area (Å²) in [4.78, 5) is 40.3. The Kier molecular flexibility index (Phi) is 5.66. The maximum atomic E-state index is 13.6. The summed E-state index contributed by atoms with van der Waals surface area (Å²) in [5.41, 5.74) is 0.000395. The van der Waals surface area contributed by atoms with E-state index in [2.05, 4.69) is 0 Å². The van der Waals surface area contributed by atoms with Gasteiger partial charge < -0.3 is 5.11 Å². The average molecular weight is 412 g/mol. The molecule has 0 amide bonds. The van der Waals surface area contributed by atoms with Crippen molar-refractivity contribution in [2.75, 3.05) is 0 Å². The van der Waals surface area contributed by atoms with E-state index in [4.69, 9.17) is 0 Å². The summed E-state index contributed by atoms with van der Waals surface area (Å²) < 4.78 is 0. The molecule has 3 aromatic carbocycles. The third-order valence-electron chi connectivity index (χ3n) is 6.13. The summed E-state index contributed by atoms with van der Waals surface area (Å²) >= 11 is 0. The van der Waals surface area contributed by atoms with Crippen molar-refractivity contribution in [1.29, 1.82) is 0 Å². The quantitative estimate of drug-likeness (QED) is 0.495. The third-order valence-corrected chi connectivity index (χ3v) is 6.13. The number of hydrogen-bond acceptors (Lipinski definition) is 4. The molecule has 1 saturated carbocycles. The zero-order valence-corrected chi connectivity index (χ0v) is 17.3. The van der Waals surface area contributed by atoms with E-state index in [-0.39, 0.29) is 23.8 Å². The molecule has 0 radical (unpaired) electrons. The molecular weight excluding hydrogens is 388 g/mol. The van der Waals surface area contributed by atoms with Gasteiger partial charge >= 0.3 is 0 Å². The highest BCUT2D eigenvalue weighted by atomic mass is 16.3. The number of carbonyl (C=O) groups excluding carboxylic acids is 3. The number of benzene rings is 3. The molecule has 0 heterocycles. The Morgan fingerprint density at radius 2 is 1.23 bits per heavy atom. The summed E-state index contributed by atoms with van der Waals surface area (Å²) in [5.74, 6) is -3.67. The van der Waals surface area contributed by atoms with Crippen LogP contribution in [0.5, 0.6) is 0 Å². The Bertz CT molecular complexity index is 1090. The average Bonchev–Trinajstić information content (AvgIpc) is 2.79. The van der Waals surface area contributed by atoms with Crippen LogP contribution in [0.1, 0.15) is 45.5 Å². The fourth-order valence-corrected chi connectivity index (χ4v) is 4.73. The molecule has 4 rings (SSSR count). The van der Waals surface area contributed by atoms with Crippen LogP contribution in [0.3, 0.4) is 0 Å². The van der Waals surface area contributed by atoms with Crippen LogP contribution in [0, 0.1) is 11.8 Å². The fourth-order valence-electron chi connectivity index (χ4n) is 4.73. The van der Waals surface area contributed by atoms with E-state index in [1.807, 2.05) is 36.4 Å². The van der Waals surface area contributed by atoms with E-state index in [1.54, 1.807) is 54.6 Å². The molecule has 0 aliphatic heterocycles. The van der Waals surface area contributed by atoms with Gasteiger partial charge in [-0.05, 0) is 12.5 Å². The molecule has 0 saturated heterocycles. The lowest BCUT2D eigenvalue weighted by molar-refractivity contribution is -0.134. The summed E-state index contributed by atoms with van der Waals surface area (Å²) in [6, 6.07) is 26.5. The van der Waals surface area contributed by atoms with Gasteiger partial charge in [0, 0.05) is 23.5 Å². The first kappa shape index (κ1) is 20.9. The lowest BCUT2D eigenvalue weighted by Crippen LogP contribution is -2.54. The monoisotopic (exact) mass is 412 g/mol. The number of Topliss-reactive ketones (excluding diaryl/α,β-unsaturated/α-hetero) is 3. The van der Waals surface area contributed by atoms with Crippen molar-refractivity contribution in [1.82, 2.24) is 0 Å². The fraction of sp³-hybridized carbons (Fsp3) is 0.222. The van der Waals surface area contributed by atoms with E-state index in [9.17, 15) is 19.5 Å². The number of carbonyl (C=O) groups is 3. The first-order valence-electron chi connectivity index (χ1n) is 10.4. The first-order chi connectivity index (χ1) is 14.9. The van der Waals surface area contributed by atoms with Crippen LogP contribution in [-0.4, -0.2) is 28.1 Å². The maximum absolute atomic E-state index is 13.6. The van der Waals surface area contributed by atoms with Crippen molar-refractivity contribution in [2.24, 2.45) is 11.8 Å². The Balaban J connectivity index is 1.87. The van der Waals surface area contributed by atoms with Crippen LogP contribution < -0.4 is 0 Å². The van der Waals surface area contributed by atoms with Crippen LogP contribution in [0.2, 0.25) is 0 Å². The van der Waals surface area contributed by atoms with E-state index in [1.165, 1.54) is 6.92 Å². The van der Waals surface area contributed by atoms with Gasteiger partial charge in [0.25, 0.3) is 0 Å². The SMILES string of the molecule is C[C@]1(O)CC(=O)[C@@H](C(=O)c2ccccc2)[C@H](c2ccccc2)[C@@H]1C(=O)c1ccccc1.